The SMILES string of the molecule is COc1ccc(Cl)cc1N(CC(=O)N/N=C\c1cccc(C)c1)S(C)(=O)=O. The molecule has 0 spiro atoms. The minimum atomic E-state index is -3.76. The summed E-state index contributed by atoms with van der Waals surface area (Å²) in [5.41, 5.74) is 4.37. The van der Waals surface area contributed by atoms with E-state index in [1.54, 1.807) is 6.07 Å². The summed E-state index contributed by atoms with van der Waals surface area (Å²) in [6.45, 7) is 1.47. The number of hydrazone groups is 1. The largest absolute Gasteiger partial charge is 0.495 e. The van der Waals surface area contributed by atoms with Crippen molar-refractivity contribution in [2.75, 3.05) is 24.2 Å². The van der Waals surface area contributed by atoms with Crippen molar-refractivity contribution in [1.29, 1.82) is 0 Å². The molecule has 0 aliphatic rings. The Morgan fingerprint density at radius 1 is 1.30 bits per heavy atom. The second-order valence-electron chi connectivity index (χ2n) is 5.79. The van der Waals surface area contributed by atoms with Crippen LogP contribution in [0, 0.1) is 6.92 Å². The zero-order chi connectivity index (χ0) is 20.0. The number of anilines is 1. The van der Waals surface area contributed by atoms with Gasteiger partial charge < -0.3 is 4.74 Å². The number of hydrogen-bond donors (Lipinski definition) is 1. The molecule has 2 aromatic carbocycles. The fourth-order valence-corrected chi connectivity index (χ4v) is 3.35. The molecule has 0 aliphatic carbocycles. The minimum absolute atomic E-state index is 0.172. The van der Waals surface area contributed by atoms with Crippen molar-refractivity contribution >= 4 is 39.4 Å². The van der Waals surface area contributed by atoms with Crippen LogP contribution in [0.2, 0.25) is 5.02 Å². The number of hydrogen-bond acceptors (Lipinski definition) is 5. The highest BCUT2D eigenvalue weighted by Gasteiger charge is 2.24. The smallest absolute Gasteiger partial charge is 0.260 e. The van der Waals surface area contributed by atoms with Gasteiger partial charge in [0, 0.05) is 5.02 Å². The van der Waals surface area contributed by atoms with Gasteiger partial charge in [-0.1, -0.05) is 41.4 Å². The molecule has 0 aromatic heterocycles. The summed E-state index contributed by atoms with van der Waals surface area (Å²) in [6, 6.07) is 12.1. The van der Waals surface area contributed by atoms with E-state index in [1.807, 2.05) is 31.2 Å². The van der Waals surface area contributed by atoms with Gasteiger partial charge in [0.1, 0.15) is 12.3 Å². The minimum Gasteiger partial charge on any atom is -0.495 e. The Morgan fingerprint density at radius 2 is 2.04 bits per heavy atom. The number of methoxy groups -OCH3 is 1. The Balaban J connectivity index is 2.17. The summed E-state index contributed by atoms with van der Waals surface area (Å²) in [5, 5.41) is 4.19. The second kappa shape index (κ2) is 8.88. The molecule has 0 saturated heterocycles. The van der Waals surface area contributed by atoms with Crippen molar-refractivity contribution in [3.63, 3.8) is 0 Å². The highest BCUT2D eigenvalue weighted by atomic mass is 35.5. The zero-order valence-corrected chi connectivity index (χ0v) is 16.7. The van der Waals surface area contributed by atoms with Gasteiger partial charge in [-0.2, -0.15) is 5.10 Å². The van der Waals surface area contributed by atoms with E-state index in [4.69, 9.17) is 16.3 Å². The molecule has 0 heterocycles. The third-order valence-corrected chi connectivity index (χ3v) is 4.90. The van der Waals surface area contributed by atoms with Crippen molar-refractivity contribution in [2.45, 2.75) is 6.92 Å². The van der Waals surface area contributed by atoms with Gasteiger partial charge in [-0.3, -0.25) is 9.10 Å². The van der Waals surface area contributed by atoms with E-state index in [0.717, 1.165) is 21.7 Å². The second-order valence-corrected chi connectivity index (χ2v) is 8.14. The van der Waals surface area contributed by atoms with Crippen LogP contribution in [-0.4, -0.2) is 40.4 Å². The highest BCUT2D eigenvalue weighted by molar-refractivity contribution is 7.92. The maximum atomic E-state index is 12.2. The van der Waals surface area contributed by atoms with Gasteiger partial charge in [0.2, 0.25) is 10.0 Å². The predicted molar refractivity (Wildman–Crippen MR) is 107 cm³/mol. The fourth-order valence-electron chi connectivity index (χ4n) is 2.33. The number of nitrogens with zero attached hydrogens (tertiary/aromatic N) is 2. The van der Waals surface area contributed by atoms with Crippen molar-refractivity contribution < 1.29 is 17.9 Å². The Bertz CT molecular complexity index is 961. The molecule has 2 rings (SSSR count). The van der Waals surface area contributed by atoms with Crippen LogP contribution in [0.5, 0.6) is 5.75 Å². The molecular formula is C18H20ClN3O4S. The predicted octanol–water partition coefficient (Wildman–Crippen LogP) is 2.57. The van der Waals surface area contributed by atoms with Gasteiger partial charge in [0.25, 0.3) is 5.91 Å². The lowest BCUT2D eigenvalue weighted by Crippen LogP contribution is -2.39. The molecule has 27 heavy (non-hydrogen) atoms. The molecule has 0 aliphatic heterocycles. The van der Waals surface area contributed by atoms with Crippen LogP contribution in [0.15, 0.2) is 47.6 Å². The molecule has 1 amide bonds. The van der Waals surface area contributed by atoms with Crippen LogP contribution in [0.3, 0.4) is 0 Å². The number of rotatable bonds is 7. The summed E-state index contributed by atoms with van der Waals surface area (Å²) >= 11 is 5.97. The first-order valence-electron chi connectivity index (χ1n) is 7.90. The average molecular weight is 410 g/mol. The quantitative estimate of drug-likeness (QED) is 0.562. The average Bonchev–Trinajstić information content (AvgIpc) is 2.59. The van der Waals surface area contributed by atoms with Crippen molar-refractivity contribution in [1.82, 2.24) is 5.43 Å². The summed E-state index contributed by atoms with van der Waals surface area (Å²) in [4.78, 5) is 12.2. The normalized spacial score (nSPS) is 11.4. The number of carbonyl (C=O) groups is 1. The van der Waals surface area contributed by atoms with Crippen molar-refractivity contribution in [3.05, 3.63) is 58.6 Å². The molecule has 0 bridgehead atoms. The fraction of sp³-hybridized carbons (Fsp3) is 0.222. The molecular weight excluding hydrogens is 390 g/mol. The van der Waals surface area contributed by atoms with Crippen LogP contribution in [0.4, 0.5) is 5.69 Å². The third kappa shape index (κ3) is 5.97. The summed E-state index contributed by atoms with van der Waals surface area (Å²) < 4.78 is 30.5. The number of aryl methyl sites for hydroxylation is 1. The lowest BCUT2D eigenvalue weighted by molar-refractivity contribution is -0.119. The van der Waals surface area contributed by atoms with Crippen LogP contribution < -0.4 is 14.5 Å². The Kier molecular flexibility index (Phi) is 6.81. The molecule has 0 fully saturated rings. The monoisotopic (exact) mass is 409 g/mol. The maximum absolute atomic E-state index is 12.2. The topological polar surface area (TPSA) is 88.1 Å². The number of amides is 1. The van der Waals surface area contributed by atoms with Gasteiger partial charge in [0.05, 0.1) is 25.3 Å². The highest BCUT2D eigenvalue weighted by Crippen LogP contribution is 2.32. The van der Waals surface area contributed by atoms with Gasteiger partial charge in [-0.15, -0.1) is 0 Å². The number of halogens is 1. The van der Waals surface area contributed by atoms with Crippen molar-refractivity contribution in [2.24, 2.45) is 5.10 Å². The van der Waals surface area contributed by atoms with Crippen LogP contribution in [0.25, 0.3) is 0 Å². The number of carbonyl (C=O) groups excluding carboxylic acids is 1. The van der Waals surface area contributed by atoms with Crippen LogP contribution >= 0.6 is 11.6 Å². The lowest BCUT2D eigenvalue weighted by Gasteiger charge is -2.23. The molecule has 2 aromatic rings. The number of ether oxygens (including phenoxy) is 1. The van der Waals surface area contributed by atoms with Crippen molar-refractivity contribution in [3.8, 4) is 5.75 Å². The van der Waals surface area contributed by atoms with E-state index in [0.29, 0.717) is 5.02 Å². The van der Waals surface area contributed by atoms with Gasteiger partial charge in [-0.25, -0.2) is 13.8 Å². The Labute approximate surface area is 163 Å². The van der Waals surface area contributed by atoms with Crippen LogP contribution in [0.1, 0.15) is 11.1 Å². The molecule has 0 saturated carbocycles. The third-order valence-electron chi connectivity index (χ3n) is 3.54. The first kappa shape index (κ1) is 20.7. The van der Waals surface area contributed by atoms with Gasteiger partial charge in [-0.05, 0) is 30.7 Å². The molecule has 0 atom stereocenters. The number of nitrogens with one attached hydrogen (secondary N) is 1. The summed E-state index contributed by atoms with van der Waals surface area (Å²) in [7, 11) is -2.36. The van der Waals surface area contributed by atoms with E-state index in [-0.39, 0.29) is 11.4 Å². The molecule has 1 N–H and O–H groups in total. The van der Waals surface area contributed by atoms with E-state index >= 15 is 0 Å². The number of benzene rings is 2. The standard InChI is InChI=1S/C18H20ClN3O4S/c1-13-5-4-6-14(9-13)11-20-21-18(23)12-22(27(3,24)25)16-10-15(19)7-8-17(16)26-2/h4-11H,12H2,1-3H3,(H,21,23)/b20-11-. The van der Waals surface area contributed by atoms with Gasteiger partial charge >= 0.3 is 0 Å². The Morgan fingerprint density at radius 3 is 2.67 bits per heavy atom. The van der Waals surface area contributed by atoms with Gasteiger partial charge in [0.15, 0.2) is 0 Å². The summed E-state index contributed by atoms with van der Waals surface area (Å²) in [6.07, 6.45) is 2.48. The first-order chi connectivity index (χ1) is 12.7. The Hall–Kier alpha value is -2.58. The molecule has 144 valence electrons. The lowest BCUT2D eigenvalue weighted by atomic mass is 10.2. The van der Waals surface area contributed by atoms with E-state index < -0.39 is 22.5 Å². The molecule has 0 radical (unpaired) electrons. The van der Waals surface area contributed by atoms with E-state index in [1.165, 1.54) is 25.5 Å². The number of sulfonamides is 1. The van der Waals surface area contributed by atoms with Crippen LogP contribution in [-0.2, 0) is 14.8 Å². The summed E-state index contributed by atoms with van der Waals surface area (Å²) in [5.74, 6) is -0.327. The molecule has 7 nitrogen and oxygen atoms in total. The first-order valence-corrected chi connectivity index (χ1v) is 10.1. The zero-order valence-electron chi connectivity index (χ0n) is 15.1. The van der Waals surface area contributed by atoms with E-state index in [2.05, 4.69) is 10.5 Å². The molecule has 9 heteroatoms. The molecule has 0 unspecified atom stereocenters. The van der Waals surface area contributed by atoms with E-state index in [9.17, 15) is 13.2 Å². The maximum Gasteiger partial charge on any atom is 0.260 e.